The van der Waals surface area contributed by atoms with Crippen LogP contribution in [0.2, 0.25) is 0 Å². The zero-order chi connectivity index (χ0) is 21.1. The number of aryl methyl sites for hydroxylation is 3. The molecule has 2 N–H and O–H groups in total. The number of fused-ring (bicyclic) bond motifs is 1. The molecule has 2 aromatic heterocycles. The highest BCUT2D eigenvalue weighted by molar-refractivity contribution is 5.95. The number of pyridine rings is 1. The van der Waals surface area contributed by atoms with E-state index >= 15 is 0 Å². The second kappa shape index (κ2) is 8.85. The molecular formula is C23H27N3O4. The number of carbonyl (C=O) groups excluding carboxylic acids is 1. The molecule has 1 aliphatic heterocycles. The average Bonchev–Trinajstić information content (AvgIpc) is 3.17. The minimum atomic E-state index is -0.378. The van der Waals surface area contributed by atoms with E-state index in [-0.39, 0.29) is 29.2 Å². The number of hydrogen-bond donors (Lipinski definition) is 2. The van der Waals surface area contributed by atoms with Crippen molar-refractivity contribution in [3.63, 3.8) is 0 Å². The topological polar surface area (TPSA) is 85.3 Å². The zero-order valence-corrected chi connectivity index (χ0v) is 17.3. The van der Waals surface area contributed by atoms with Crippen molar-refractivity contribution >= 4 is 16.8 Å². The third-order valence-corrected chi connectivity index (χ3v) is 5.81. The van der Waals surface area contributed by atoms with Crippen LogP contribution in [0.15, 0.2) is 47.5 Å². The molecule has 0 spiro atoms. The van der Waals surface area contributed by atoms with E-state index in [1.165, 1.54) is 0 Å². The number of H-pyrrole nitrogens is 1. The third-order valence-electron chi connectivity index (χ3n) is 5.81. The predicted molar refractivity (Wildman–Crippen MR) is 115 cm³/mol. The highest BCUT2D eigenvalue weighted by Crippen LogP contribution is 2.18. The number of methoxy groups -OCH3 is 1. The normalized spacial score (nSPS) is 19.1. The summed E-state index contributed by atoms with van der Waals surface area (Å²) >= 11 is 0. The van der Waals surface area contributed by atoms with E-state index < -0.39 is 0 Å². The summed E-state index contributed by atoms with van der Waals surface area (Å²) in [5, 5.41) is 4.08. The lowest BCUT2D eigenvalue weighted by atomic mass is 10.0. The molecule has 4 rings (SSSR count). The van der Waals surface area contributed by atoms with Gasteiger partial charge in [-0.3, -0.25) is 9.59 Å². The van der Waals surface area contributed by atoms with Crippen molar-refractivity contribution in [1.29, 1.82) is 0 Å². The smallest absolute Gasteiger partial charge is 0.263 e. The number of nitrogens with zero attached hydrogens (tertiary/aromatic N) is 1. The fourth-order valence-corrected chi connectivity index (χ4v) is 4.07. The van der Waals surface area contributed by atoms with Crippen LogP contribution in [-0.2, 0) is 22.4 Å². The van der Waals surface area contributed by atoms with Gasteiger partial charge in [0, 0.05) is 43.6 Å². The van der Waals surface area contributed by atoms with Crippen molar-refractivity contribution in [1.82, 2.24) is 14.9 Å². The number of nitrogens with one attached hydrogen (secondary N) is 2. The van der Waals surface area contributed by atoms with E-state index in [0.29, 0.717) is 38.2 Å². The fraction of sp³-hybridized carbons (Fsp3) is 0.391. The van der Waals surface area contributed by atoms with Crippen molar-refractivity contribution in [3.8, 4) is 0 Å². The number of aromatic amines is 1. The lowest BCUT2D eigenvalue weighted by molar-refractivity contribution is -0.0349. The molecule has 1 aliphatic rings. The summed E-state index contributed by atoms with van der Waals surface area (Å²) in [6, 6.07) is 9.63. The number of hydrogen-bond acceptors (Lipinski definition) is 4. The van der Waals surface area contributed by atoms with Gasteiger partial charge >= 0.3 is 0 Å². The van der Waals surface area contributed by atoms with E-state index in [0.717, 1.165) is 16.5 Å². The Morgan fingerprint density at radius 1 is 1.33 bits per heavy atom. The molecule has 2 atom stereocenters. The number of benzene rings is 1. The van der Waals surface area contributed by atoms with Gasteiger partial charge in [-0.2, -0.15) is 0 Å². The first-order valence-electron chi connectivity index (χ1n) is 10.2. The summed E-state index contributed by atoms with van der Waals surface area (Å²) in [7, 11) is 1.63. The van der Waals surface area contributed by atoms with Gasteiger partial charge in [0.15, 0.2) is 0 Å². The maximum atomic E-state index is 13.1. The first-order valence-corrected chi connectivity index (χ1v) is 10.2. The van der Waals surface area contributed by atoms with Gasteiger partial charge in [0.2, 0.25) is 0 Å². The van der Waals surface area contributed by atoms with Crippen LogP contribution in [0.25, 0.3) is 10.9 Å². The Bertz CT molecular complexity index is 1100. The van der Waals surface area contributed by atoms with Crippen molar-refractivity contribution in [2.24, 2.45) is 0 Å². The van der Waals surface area contributed by atoms with Crippen molar-refractivity contribution in [3.05, 3.63) is 69.8 Å². The van der Waals surface area contributed by atoms with Gasteiger partial charge in [0.05, 0.1) is 18.8 Å². The molecule has 1 aromatic carbocycles. The molecule has 7 heteroatoms. The lowest BCUT2D eigenvalue weighted by Crippen LogP contribution is -2.51. The maximum absolute atomic E-state index is 13.1. The van der Waals surface area contributed by atoms with Crippen LogP contribution in [0.4, 0.5) is 0 Å². The second-order valence-electron chi connectivity index (χ2n) is 7.70. The van der Waals surface area contributed by atoms with Crippen LogP contribution >= 0.6 is 0 Å². The average molecular weight is 409 g/mol. The Morgan fingerprint density at radius 2 is 2.17 bits per heavy atom. The Balaban J connectivity index is 1.53. The van der Waals surface area contributed by atoms with Crippen molar-refractivity contribution in [2.75, 3.05) is 20.3 Å². The molecule has 3 aromatic rings. The zero-order valence-electron chi connectivity index (χ0n) is 17.3. The van der Waals surface area contributed by atoms with Crippen LogP contribution in [0.1, 0.15) is 27.9 Å². The number of carbonyl (C=O) groups is 1. The summed E-state index contributed by atoms with van der Waals surface area (Å²) in [5.41, 5.74) is 2.78. The van der Waals surface area contributed by atoms with Gasteiger partial charge in [-0.15, -0.1) is 0 Å². The van der Waals surface area contributed by atoms with Gasteiger partial charge in [0.1, 0.15) is 5.56 Å². The standard InChI is InChI=1S/C23H27N3O4/c1-15-7-10-26(11-8-16-13-24-18-6-4-3-5-17(16)18)23(28)21(15)22(27)25-19-14-30-12-9-20(19)29-2/h3-7,10,13,19-20,24H,8-9,11-12,14H2,1-2H3,(H,25,27)/t19-,20-/m1/s1. The molecule has 30 heavy (non-hydrogen) atoms. The van der Waals surface area contributed by atoms with E-state index in [1.54, 1.807) is 24.8 Å². The van der Waals surface area contributed by atoms with E-state index in [1.807, 2.05) is 30.5 Å². The summed E-state index contributed by atoms with van der Waals surface area (Å²) < 4.78 is 12.5. The van der Waals surface area contributed by atoms with E-state index in [9.17, 15) is 9.59 Å². The number of aromatic nitrogens is 2. The van der Waals surface area contributed by atoms with Crippen LogP contribution in [0, 0.1) is 6.92 Å². The van der Waals surface area contributed by atoms with Crippen molar-refractivity contribution in [2.45, 2.75) is 38.5 Å². The molecule has 0 unspecified atom stereocenters. The summed E-state index contributed by atoms with van der Waals surface area (Å²) in [6.07, 6.45) is 5.02. The van der Waals surface area contributed by atoms with Gasteiger partial charge in [0.25, 0.3) is 11.5 Å². The third kappa shape index (κ3) is 4.04. The summed E-state index contributed by atoms with van der Waals surface area (Å²) in [4.78, 5) is 29.3. The fourth-order valence-electron chi connectivity index (χ4n) is 4.07. The molecule has 158 valence electrons. The Labute approximate surface area is 175 Å². The first kappa shape index (κ1) is 20.4. The number of amides is 1. The van der Waals surface area contributed by atoms with Gasteiger partial charge in [-0.05, 0) is 43.0 Å². The van der Waals surface area contributed by atoms with Crippen LogP contribution in [-0.4, -0.2) is 47.9 Å². The molecule has 0 bridgehead atoms. The number of rotatable bonds is 6. The lowest BCUT2D eigenvalue weighted by Gasteiger charge is -2.31. The SMILES string of the molecule is CO[C@@H]1CCOC[C@H]1NC(=O)c1c(C)ccn(CCc2c[nH]c3ccccc23)c1=O. The van der Waals surface area contributed by atoms with Crippen LogP contribution in [0.3, 0.4) is 0 Å². The number of para-hydroxylation sites is 1. The first-order chi connectivity index (χ1) is 14.6. The minimum Gasteiger partial charge on any atom is -0.379 e. The highest BCUT2D eigenvalue weighted by Gasteiger charge is 2.28. The maximum Gasteiger partial charge on any atom is 0.263 e. The van der Waals surface area contributed by atoms with Crippen LogP contribution in [0.5, 0.6) is 0 Å². The molecule has 0 saturated carbocycles. The summed E-state index contributed by atoms with van der Waals surface area (Å²) in [5.74, 6) is -0.378. The molecule has 3 heterocycles. The Hall–Kier alpha value is -2.90. The second-order valence-corrected chi connectivity index (χ2v) is 7.70. The minimum absolute atomic E-state index is 0.115. The monoisotopic (exact) mass is 409 g/mol. The quantitative estimate of drug-likeness (QED) is 0.655. The van der Waals surface area contributed by atoms with Gasteiger partial charge in [-0.1, -0.05) is 18.2 Å². The number of ether oxygens (including phenoxy) is 2. The molecule has 7 nitrogen and oxygen atoms in total. The molecule has 0 aliphatic carbocycles. The van der Waals surface area contributed by atoms with Gasteiger partial charge in [-0.25, -0.2) is 0 Å². The van der Waals surface area contributed by atoms with E-state index in [2.05, 4.69) is 16.4 Å². The molecular weight excluding hydrogens is 382 g/mol. The molecule has 1 amide bonds. The van der Waals surface area contributed by atoms with E-state index in [4.69, 9.17) is 9.47 Å². The predicted octanol–water partition coefficient (Wildman–Crippen LogP) is 2.41. The molecule has 1 fully saturated rings. The van der Waals surface area contributed by atoms with Crippen molar-refractivity contribution < 1.29 is 14.3 Å². The largest absolute Gasteiger partial charge is 0.379 e. The molecule has 1 saturated heterocycles. The molecule has 0 radical (unpaired) electrons. The van der Waals surface area contributed by atoms with Gasteiger partial charge < -0.3 is 24.3 Å². The highest BCUT2D eigenvalue weighted by atomic mass is 16.5. The Kier molecular flexibility index (Phi) is 6.01. The van der Waals surface area contributed by atoms with Crippen LogP contribution < -0.4 is 10.9 Å². The summed E-state index contributed by atoms with van der Waals surface area (Å²) in [6.45, 7) is 3.26. The Morgan fingerprint density at radius 3 is 3.00 bits per heavy atom.